The van der Waals surface area contributed by atoms with Crippen LogP contribution < -0.4 is 10.1 Å². The molecule has 0 heterocycles. The monoisotopic (exact) mass is 385 g/mol. The Morgan fingerprint density at radius 3 is 2.58 bits per heavy atom. The van der Waals surface area contributed by atoms with Gasteiger partial charge in [0, 0.05) is 10.8 Å². The minimum absolute atomic E-state index is 0.0195. The first-order valence-corrected chi connectivity index (χ1v) is 9.94. The van der Waals surface area contributed by atoms with Crippen molar-refractivity contribution >= 4 is 40.0 Å². The molecule has 1 N–H and O–H groups in total. The minimum Gasteiger partial charge on any atom is -0.492 e. The van der Waals surface area contributed by atoms with Crippen molar-refractivity contribution in [3.8, 4) is 5.75 Å². The van der Waals surface area contributed by atoms with Gasteiger partial charge in [-0.2, -0.15) is 0 Å². The van der Waals surface area contributed by atoms with Crippen LogP contribution in [-0.2, 0) is 10.5 Å². The zero-order chi connectivity index (χ0) is 18.2. The van der Waals surface area contributed by atoms with Gasteiger partial charge in [0.15, 0.2) is 0 Å². The lowest BCUT2D eigenvalue weighted by atomic mass is 10.1. The molecule has 0 saturated heterocycles. The highest BCUT2D eigenvalue weighted by atomic mass is 35.5. The van der Waals surface area contributed by atoms with Crippen LogP contribution in [0.25, 0.3) is 10.8 Å². The maximum Gasteiger partial charge on any atom is 0.230 e. The third kappa shape index (κ3) is 5.68. The molecule has 0 aliphatic carbocycles. The number of rotatable bonds is 8. The second-order valence-electron chi connectivity index (χ2n) is 5.83. The van der Waals surface area contributed by atoms with Crippen LogP contribution in [0.2, 0.25) is 5.02 Å². The van der Waals surface area contributed by atoms with Gasteiger partial charge in [-0.15, -0.1) is 11.8 Å². The Labute approximate surface area is 162 Å². The van der Waals surface area contributed by atoms with Crippen molar-refractivity contribution in [2.24, 2.45) is 0 Å². The van der Waals surface area contributed by atoms with Crippen molar-refractivity contribution in [3.05, 3.63) is 77.3 Å². The molecule has 0 saturated carbocycles. The third-order valence-corrected chi connectivity index (χ3v) is 5.08. The average molecular weight is 386 g/mol. The summed E-state index contributed by atoms with van der Waals surface area (Å²) in [5, 5.41) is 5.94. The predicted molar refractivity (Wildman–Crippen MR) is 110 cm³/mol. The molecule has 0 atom stereocenters. The number of amides is 1. The number of carbonyl (C=O) groups is 1. The van der Waals surface area contributed by atoms with Crippen molar-refractivity contribution in [2.75, 3.05) is 18.9 Å². The molecule has 26 heavy (non-hydrogen) atoms. The fourth-order valence-corrected chi connectivity index (χ4v) is 3.45. The van der Waals surface area contributed by atoms with Crippen molar-refractivity contribution in [2.45, 2.75) is 5.75 Å². The number of hydrogen-bond donors (Lipinski definition) is 1. The molecular formula is C21H20ClNO2S. The smallest absolute Gasteiger partial charge is 0.230 e. The number of nitrogens with one attached hydrogen (secondary N) is 1. The Morgan fingerprint density at radius 2 is 1.77 bits per heavy atom. The molecule has 0 radical (unpaired) electrons. The van der Waals surface area contributed by atoms with Gasteiger partial charge in [0.2, 0.25) is 5.91 Å². The summed E-state index contributed by atoms with van der Waals surface area (Å²) >= 11 is 7.44. The first kappa shape index (κ1) is 18.6. The number of ether oxygens (including phenoxy) is 1. The second kappa shape index (κ2) is 9.51. The maximum atomic E-state index is 11.9. The largest absolute Gasteiger partial charge is 0.492 e. The number of halogens is 1. The number of carbonyl (C=O) groups excluding carboxylic acids is 1. The molecule has 0 aliphatic rings. The van der Waals surface area contributed by atoms with E-state index in [1.165, 1.54) is 5.39 Å². The molecule has 5 heteroatoms. The lowest BCUT2D eigenvalue weighted by Gasteiger charge is -2.09. The number of benzene rings is 3. The van der Waals surface area contributed by atoms with E-state index >= 15 is 0 Å². The second-order valence-corrected chi connectivity index (χ2v) is 7.25. The van der Waals surface area contributed by atoms with E-state index in [9.17, 15) is 4.79 Å². The predicted octanol–water partition coefficient (Wildman–Crippen LogP) is 4.92. The molecule has 0 spiro atoms. The highest BCUT2D eigenvalue weighted by molar-refractivity contribution is 7.99. The van der Waals surface area contributed by atoms with Crippen molar-refractivity contribution in [1.82, 2.24) is 5.32 Å². The minimum atomic E-state index is 0.0195. The molecule has 134 valence electrons. The molecule has 0 aliphatic heterocycles. The Hall–Kier alpha value is -2.17. The summed E-state index contributed by atoms with van der Waals surface area (Å²) in [5.41, 5.74) is 1.16. The van der Waals surface area contributed by atoms with E-state index in [-0.39, 0.29) is 5.91 Å². The Kier molecular flexibility index (Phi) is 6.81. The molecule has 0 bridgehead atoms. The molecule has 3 aromatic rings. The van der Waals surface area contributed by atoms with Crippen LogP contribution in [-0.4, -0.2) is 24.8 Å². The Bertz CT molecular complexity index is 867. The van der Waals surface area contributed by atoms with Crippen molar-refractivity contribution in [3.63, 3.8) is 0 Å². The van der Waals surface area contributed by atoms with Gasteiger partial charge >= 0.3 is 0 Å². The molecule has 3 rings (SSSR count). The number of hydrogen-bond acceptors (Lipinski definition) is 3. The Morgan fingerprint density at radius 1 is 1.00 bits per heavy atom. The first-order valence-electron chi connectivity index (χ1n) is 8.41. The lowest BCUT2D eigenvalue weighted by Crippen LogP contribution is -2.29. The van der Waals surface area contributed by atoms with E-state index in [2.05, 4.69) is 17.4 Å². The molecule has 0 unspecified atom stereocenters. The molecule has 0 aromatic heterocycles. The van der Waals surface area contributed by atoms with Crippen LogP contribution in [0.1, 0.15) is 5.56 Å². The van der Waals surface area contributed by atoms with E-state index in [0.29, 0.717) is 18.9 Å². The summed E-state index contributed by atoms with van der Waals surface area (Å²) in [6.07, 6.45) is 0. The van der Waals surface area contributed by atoms with Gasteiger partial charge in [0.05, 0.1) is 12.3 Å². The highest BCUT2D eigenvalue weighted by Gasteiger charge is 2.02. The van der Waals surface area contributed by atoms with Gasteiger partial charge in [0.25, 0.3) is 0 Å². The van der Waals surface area contributed by atoms with Gasteiger partial charge in [0.1, 0.15) is 12.4 Å². The van der Waals surface area contributed by atoms with Gasteiger partial charge < -0.3 is 10.1 Å². The van der Waals surface area contributed by atoms with E-state index in [1.807, 2.05) is 54.6 Å². The molecular weight excluding hydrogens is 366 g/mol. The van der Waals surface area contributed by atoms with Crippen LogP contribution in [0.5, 0.6) is 5.75 Å². The first-order chi connectivity index (χ1) is 12.7. The summed E-state index contributed by atoms with van der Waals surface area (Å²) in [5.74, 6) is 2.05. The summed E-state index contributed by atoms with van der Waals surface area (Å²) in [4.78, 5) is 11.9. The normalized spacial score (nSPS) is 10.7. The van der Waals surface area contributed by atoms with Gasteiger partial charge in [-0.3, -0.25) is 4.79 Å². The Balaban J connectivity index is 1.33. The van der Waals surface area contributed by atoms with Crippen LogP contribution >= 0.6 is 23.4 Å². The van der Waals surface area contributed by atoms with Crippen LogP contribution in [0.15, 0.2) is 66.7 Å². The van der Waals surface area contributed by atoms with Gasteiger partial charge in [-0.25, -0.2) is 0 Å². The summed E-state index contributed by atoms with van der Waals surface area (Å²) < 4.78 is 5.72. The maximum absolute atomic E-state index is 11.9. The molecule has 0 fully saturated rings. The van der Waals surface area contributed by atoms with E-state index in [0.717, 1.165) is 27.5 Å². The van der Waals surface area contributed by atoms with E-state index in [4.69, 9.17) is 16.3 Å². The van der Waals surface area contributed by atoms with Gasteiger partial charge in [-0.05, 0) is 40.6 Å². The van der Waals surface area contributed by atoms with Crippen molar-refractivity contribution in [1.29, 1.82) is 0 Å². The molecule has 3 nitrogen and oxygen atoms in total. The van der Waals surface area contributed by atoms with E-state index < -0.39 is 0 Å². The molecule has 3 aromatic carbocycles. The van der Waals surface area contributed by atoms with E-state index in [1.54, 1.807) is 11.8 Å². The third-order valence-electron chi connectivity index (χ3n) is 3.83. The van der Waals surface area contributed by atoms with Gasteiger partial charge in [-0.1, -0.05) is 54.1 Å². The van der Waals surface area contributed by atoms with Crippen LogP contribution in [0, 0.1) is 0 Å². The number of fused-ring (bicyclic) bond motifs is 1. The topological polar surface area (TPSA) is 38.3 Å². The summed E-state index contributed by atoms with van der Waals surface area (Å²) in [7, 11) is 0. The SMILES string of the molecule is O=C(CSCc1ccc(Cl)cc1)NCCOc1ccc2ccccc2c1. The highest BCUT2D eigenvalue weighted by Crippen LogP contribution is 2.20. The summed E-state index contributed by atoms with van der Waals surface area (Å²) in [6, 6.07) is 21.8. The number of thioether (sulfide) groups is 1. The fourth-order valence-electron chi connectivity index (χ4n) is 2.51. The standard InChI is InChI=1S/C21H20ClNO2S/c22-19-8-5-16(6-9-19)14-26-15-21(24)23-11-12-25-20-10-7-17-3-1-2-4-18(17)13-20/h1-10,13H,11-12,14-15H2,(H,23,24). The average Bonchev–Trinajstić information content (AvgIpc) is 2.67. The fraction of sp³-hybridized carbons (Fsp3) is 0.190. The quantitative estimate of drug-likeness (QED) is 0.559. The van der Waals surface area contributed by atoms with Crippen LogP contribution in [0.3, 0.4) is 0 Å². The van der Waals surface area contributed by atoms with Crippen LogP contribution in [0.4, 0.5) is 0 Å². The zero-order valence-corrected chi connectivity index (χ0v) is 15.9. The zero-order valence-electron chi connectivity index (χ0n) is 14.3. The lowest BCUT2D eigenvalue weighted by molar-refractivity contribution is -0.118. The molecule has 1 amide bonds. The van der Waals surface area contributed by atoms with Crippen molar-refractivity contribution < 1.29 is 9.53 Å². The summed E-state index contributed by atoms with van der Waals surface area (Å²) in [6.45, 7) is 0.944.